The zero-order valence-electron chi connectivity index (χ0n) is 14.5. The van der Waals surface area contributed by atoms with E-state index in [-0.39, 0.29) is 17.7 Å². The molecule has 0 aliphatic carbocycles. The van der Waals surface area contributed by atoms with Crippen LogP contribution in [0.2, 0.25) is 0 Å². The fourth-order valence-electron chi connectivity index (χ4n) is 3.74. The molecule has 1 aromatic rings. The number of carbonyl (C=O) groups is 2. The third kappa shape index (κ3) is 3.55. The van der Waals surface area contributed by atoms with Crippen LogP contribution >= 0.6 is 0 Å². The van der Waals surface area contributed by atoms with Crippen molar-refractivity contribution in [1.29, 1.82) is 0 Å². The second kappa shape index (κ2) is 7.24. The molecule has 2 amide bonds. The molecule has 2 heterocycles. The van der Waals surface area contributed by atoms with Crippen LogP contribution in [0.1, 0.15) is 38.2 Å². The summed E-state index contributed by atoms with van der Waals surface area (Å²) in [6.07, 6.45) is 3.67. The molecule has 0 aromatic heterocycles. The van der Waals surface area contributed by atoms with Crippen LogP contribution in [0.25, 0.3) is 0 Å². The summed E-state index contributed by atoms with van der Waals surface area (Å²) in [4.78, 5) is 28.9. The Kier molecular flexibility index (Phi) is 5.07. The minimum absolute atomic E-state index is 0.0702. The smallest absolute Gasteiger partial charge is 0.228 e. The first kappa shape index (κ1) is 16.8. The Bertz CT molecular complexity index is 616. The number of amides is 2. The minimum atomic E-state index is -0.191. The summed E-state index contributed by atoms with van der Waals surface area (Å²) < 4.78 is 5.23. The zero-order chi connectivity index (χ0) is 17.1. The first-order chi connectivity index (χ1) is 11.6. The molecule has 1 aromatic carbocycles. The molecule has 0 bridgehead atoms. The lowest BCUT2D eigenvalue weighted by atomic mass is 9.99. The highest BCUT2D eigenvalue weighted by molar-refractivity contribution is 5.89. The highest BCUT2D eigenvalue weighted by Gasteiger charge is 2.38. The van der Waals surface area contributed by atoms with Crippen molar-refractivity contribution in [1.82, 2.24) is 9.80 Å². The van der Waals surface area contributed by atoms with Crippen molar-refractivity contribution in [3.63, 3.8) is 0 Å². The van der Waals surface area contributed by atoms with Gasteiger partial charge >= 0.3 is 0 Å². The average Bonchev–Trinajstić information content (AvgIpc) is 2.95. The fourth-order valence-corrected chi connectivity index (χ4v) is 3.74. The molecule has 2 saturated heterocycles. The van der Waals surface area contributed by atoms with E-state index in [2.05, 4.69) is 6.92 Å². The molecule has 0 radical (unpaired) electrons. The van der Waals surface area contributed by atoms with Crippen LogP contribution in [-0.4, -0.2) is 47.9 Å². The minimum Gasteiger partial charge on any atom is -0.497 e. The number of likely N-dealkylation sites (tertiary alicyclic amines) is 2. The number of ether oxygens (including phenoxy) is 1. The quantitative estimate of drug-likeness (QED) is 0.852. The third-order valence-corrected chi connectivity index (χ3v) is 5.16. The Labute approximate surface area is 143 Å². The lowest BCUT2D eigenvalue weighted by Gasteiger charge is -2.35. The predicted octanol–water partition coefficient (Wildman–Crippen LogP) is 2.44. The van der Waals surface area contributed by atoms with E-state index in [9.17, 15) is 9.59 Å². The third-order valence-electron chi connectivity index (χ3n) is 5.16. The van der Waals surface area contributed by atoms with Gasteiger partial charge in [0.05, 0.1) is 13.0 Å². The van der Waals surface area contributed by atoms with Crippen molar-refractivity contribution < 1.29 is 14.3 Å². The van der Waals surface area contributed by atoms with E-state index in [0.29, 0.717) is 25.6 Å². The van der Waals surface area contributed by atoms with E-state index in [1.54, 1.807) is 12.0 Å². The van der Waals surface area contributed by atoms with Gasteiger partial charge in [-0.25, -0.2) is 0 Å². The number of hydrogen-bond acceptors (Lipinski definition) is 3. The van der Waals surface area contributed by atoms with Crippen molar-refractivity contribution in [2.75, 3.05) is 20.2 Å². The van der Waals surface area contributed by atoms with Gasteiger partial charge in [0.1, 0.15) is 5.75 Å². The summed E-state index contributed by atoms with van der Waals surface area (Å²) >= 11 is 0. The van der Waals surface area contributed by atoms with Gasteiger partial charge in [0.2, 0.25) is 11.8 Å². The number of methoxy groups -OCH3 is 1. The largest absolute Gasteiger partial charge is 0.497 e. The molecule has 2 atom stereocenters. The zero-order valence-corrected chi connectivity index (χ0v) is 14.5. The van der Waals surface area contributed by atoms with Gasteiger partial charge in [-0.15, -0.1) is 0 Å². The maximum atomic E-state index is 12.8. The molecular weight excluding hydrogens is 304 g/mol. The Morgan fingerprint density at radius 1 is 1.33 bits per heavy atom. The van der Waals surface area contributed by atoms with E-state index < -0.39 is 0 Å². The summed E-state index contributed by atoms with van der Waals surface area (Å²) in [5, 5.41) is 0. The lowest BCUT2D eigenvalue weighted by molar-refractivity contribution is -0.139. The van der Waals surface area contributed by atoms with Crippen LogP contribution in [0.3, 0.4) is 0 Å². The number of benzene rings is 1. The molecule has 130 valence electrons. The van der Waals surface area contributed by atoms with Gasteiger partial charge in [0, 0.05) is 32.1 Å². The van der Waals surface area contributed by atoms with E-state index >= 15 is 0 Å². The van der Waals surface area contributed by atoms with Crippen molar-refractivity contribution in [2.45, 2.75) is 45.2 Å². The maximum absolute atomic E-state index is 12.8. The standard InChI is InChI=1S/C19H26N2O3/c1-14-6-3-4-9-21(14)19(23)16-11-18(22)20(13-16)12-15-7-5-8-17(10-15)24-2/h5,7-8,10,14,16H,3-4,6,9,11-13H2,1-2H3/t14-,16-/m0/s1. The first-order valence-corrected chi connectivity index (χ1v) is 8.79. The molecule has 2 fully saturated rings. The molecule has 24 heavy (non-hydrogen) atoms. The maximum Gasteiger partial charge on any atom is 0.228 e. The summed E-state index contributed by atoms with van der Waals surface area (Å²) in [6, 6.07) is 8.03. The molecule has 2 aliphatic heterocycles. The van der Waals surface area contributed by atoms with Gasteiger partial charge in [-0.3, -0.25) is 9.59 Å². The fraction of sp³-hybridized carbons (Fsp3) is 0.579. The van der Waals surface area contributed by atoms with Crippen LogP contribution in [-0.2, 0) is 16.1 Å². The number of nitrogens with zero attached hydrogens (tertiary/aromatic N) is 2. The van der Waals surface area contributed by atoms with Gasteiger partial charge in [0.25, 0.3) is 0 Å². The number of piperidine rings is 1. The average molecular weight is 330 g/mol. The second-order valence-electron chi connectivity index (χ2n) is 6.90. The van der Waals surface area contributed by atoms with E-state index in [1.807, 2.05) is 29.2 Å². The van der Waals surface area contributed by atoms with Gasteiger partial charge in [-0.05, 0) is 43.9 Å². The van der Waals surface area contributed by atoms with Crippen LogP contribution < -0.4 is 4.74 Å². The van der Waals surface area contributed by atoms with Gasteiger partial charge < -0.3 is 14.5 Å². The van der Waals surface area contributed by atoms with Gasteiger partial charge in [-0.2, -0.15) is 0 Å². The van der Waals surface area contributed by atoms with Crippen molar-refractivity contribution in [2.24, 2.45) is 5.92 Å². The van der Waals surface area contributed by atoms with Crippen LogP contribution in [0, 0.1) is 5.92 Å². The first-order valence-electron chi connectivity index (χ1n) is 8.79. The normalized spacial score (nSPS) is 24.3. The van der Waals surface area contributed by atoms with Crippen molar-refractivity contribution in [3.05, 3.63) is 29.8 Å². The topological polar surface area (TPSA) is 49.9 Å². The summed E-state index contributed by atoms with van der Waals surface area (Å²) in [5.74, 6) is 0.821. The van der Waals surface area contributed by atoms with Crippen molar-refractivity contribution >= 4 is 11.8 Å². The molecule has 5 heteroatoms. The van der Waals surface area contributed by atoms with E-state index in [0.717, 1.165) is 30.7 Å². The summed E-state index contributed by atoms with van der Waals surface area (Å²) in [5.41, 5.74) is 1.03. The molecule has 2 aliphatic rings. The predicted molar refractivity (Wildman–Crippen MR) is 91.5 cm³/mol. The highest BCUT2D eigenvalue weighted by Crippen LogP contribution is 2.26. The Balaban J connectivity index is 1.63. The second-order valence-corrected chi connectivity index (χ2v) is 6.90. The van der Waals surface area contributed by atoms with Crippen molar-refractivity contribution in [3.8, 4) is 5.75 Å². The van der Waals surface area contributed by atoms with Gasteiger partial charge in [0.15, 0.2) is 0 Å². The highest BCUT2D eigenvalue weighted by atomic mass is 16.5. The molecular formula is C19H26N2O3. The number of carbonyl (C=O) groups excluding carboxylic acids is 2. The van der Waals surface area contributed by atoms with E-state index in [4.69, 9.17) is 4.74 Å². The molecule has 0 unspecified atom stereocenters. The monoisotopic (exact) mass is 330 g/mol. The Morgan fingerprint density at radius 2 is 2.17 bits per heavy atom. The van der Waals surface area contributed by atoms with Gasteiger partial charge in [-0.1, -0.05) is 12.1 Å². The van der Waals surface area contributed by atoms with Crippen LogP contribution in [0.4, 0.5) is 0 Å². The molecule has 0 spiro atoms. The van der Waals surface area contributed by atoms with Crippen LogP contribution in [0.5, 0.6) is 5.75 Å². The van der Waals surface area contributed by atoms with E-state index in [1.165, 1.54) is 6.42 Å². The number of hydrogen-bond donors (Lipinski definition) is 0. The Morgan fingerprint density at radius 3 is 2.92 bits per heavy atom. The Hall–Kier alpha value is -2.04. The lowest BCUT2D eigenvalue weighted by Crippen LogP contribution is -2.45. The van der Waals surface area contributed by atoms with Crippen LogP contribution in [0.15, 0.2) is 24.3 Å². The molecule has 0 N–H and O–H groups in total. The molecule has 5 nitrogen and oxygen atoms in total. The SMILES string of the molecule is COc1cccc(CN2C[C@@H](C(=O)N3CCCC[C@@H]3C)CC2=O)c1. The number of rotatable bonds is 4. The summed E-state index contributed by atoms with van der Waals surface area (Å²) in [6.45, 7) is 4.01. The molecule has 3 rings (SSSR count). The summed E-state index contributed by atoms with van der Waals surface area (Å²) in [7, 11) is 1.63. The molecule has 0 saturated carbocycles.